The number of thiazole rings is 1. The molecule has 0 aliphatic heterocycles. The zero-order chi connectivity index (χ0) is 23.0. The van der Waals surface area contributed by atoms with E-state index in [0.717, 1.165) is 33.4 Å². The molecule has 0 atom stereocenters. The van der Waals surface area contributed by atoms with Gasteiger partial charge in [-0.2, -0.15) is 5.10 Å². The number of nitrogens with one attached hydrogen (secondary N) is 2. The van der Waals surface area contributed by atoms with Gasteiger partial charge in [0, 0.05) is 27.8 Å². The minimum absolute atomic E-state index is 0.285. The molecule has 7 heteroatoms. The van der Waals surface area contributed by atoms with Crippen molar-refractivity contribution in [2.24, 2.45) is 5.10 Å². The minimum atomic E-state index is -0.285. The molecular weight excluding hydrogens is 432 g/mol. The van der Waals surface area contributed by atoms with Crippen molar-refractivity contribution in [1.82, 2.24) is 10.4 Å². The number of nitrogens with zero attached hydrogens (tertiary/aromatic N) is 2. The number of rotatable bonds is 8. The summed E-state index contributed by atoms with van der Waals surface area (Å²) >= 11 is 1.54. The number of amides is 1. The van der Waals surface area contributed by atoms with E-state index >= 15 is 0 Å². The van der Waals surface area contributed by atoms with Gasteiger partial charge in [-0.25, -0.2) is 10.4 Å². The summed E-state index contributed by atoms with van der Waals surface area (Å²) in [5.74, 6) is 0.438. The molecule has 0 aliphatic carbocycles. The van der Waals surface area contributed by atoms with Crippen molar-refractivity contribution in [3.63, 3.8) is 0 Å². The molecule has 2 N–H and O–H groups in total. The Morgan fingerprint density at radius 1 is 1.06 bits per heavy atom. The Hall–Kier alpha value is -3.97. The zero-order valence-corrected chi connectivity index (χ0v) is 19.2. The number of ether oxygens (including phenoxy) is 1. The average molecular weight is 457 g/mol. The van der Waals surface area contributed by atoms with Crippen LogP contribution < -0.4 is 15.5 Å². The first-order valence-electron chi connectivity index (χ1n) is 10.6. The Labute approximate surface area is 197 Å². The zero-order valence-electron chi connectivity index (χ0n) is 18.4. The van der Waals surface area contributed by atoms with E-state index in [1.54, 1.807) is 18.3 Å². The lowest BCUT2D eigenvalue weighted by Crippen LogP contribution is -2.17. The second-order valence-electron chi connectivity index (χ2n) is 7.28. The summed E-state index contributed by atoms with van der Waals surface area (Å²) in [4.78, 5) is 17.1. The van der Waals surface area contributed by atoms with E-state index in [0.29, 0.717) is 12.2 Å². The van der Waals surface area contributed by atoms with Gasteiger partial charge in [0.2, 0.25) is 0 Å². The Morgan fingerprint density at radius 3 is 2.58 bits per heavy atom. The lowest BCUT2D eigenvalue weighted by atomic mass is 10.1. The van der Waals surface area contributed by atoms with Crippen molar-refractivity contribution in [2.45, 2.75) is 13.8 Å². The van der Waals surface area contributed by atoms with Crippen LogP contribution in [0.3, 0.4) is 0 Å². The first-order valence-corrected chi connectivity index (χ1v) is 11.4. The standard InChI is InChI=1S/C26H24N4O2S/c1-3-32-24-7-5-4-6-21(24)16-27-30-25(31)20-12-10-19(11-13-20)23-17-33-26(29-23)28-22-14-8-18(2)9-15-22/h4-17H,3H2,1-2H3,(H,28,29)(H,30,31)/b27-16-. The van der Waals surface area contributed by atoms with E-state index in [1.807, 2.05) is 60.8 Å². The SMILES string of the molecule is CCOc1ccccc1/C=N\NC(=O)c1ccc(-c2csc(Nc3ccc(C)cc3)n2)cc1. The maximum Gasteiger partial charge on any atom is 0.271 e. The fourth-order valence-electron chi connectivity index (χ4n) is 3.12. The molecule has 0 aliphatic rings. The molecule has 4 aromatic rings. The highest BCUT2D eigenvalue weighted by molar-refractivity contribution is 7.14. The number of hydrazone groups is 1. The van der Waals surface area contributed by atoms with Gasteiger partial charge in [-0.05, 0) is 50.2 Å². The lowest BCUT2D eigenvalue weighted by Gasteiger charge is -2.06. The van der Waals surface area contributed by atoms with E-state index in [2.05, 4.69) is 39.9 Å². The van der Waals surface area contributed by atoms with Crippen LogP contribution in [0.5, 0.6) is 5.75 Å². The highest BCUT2D eigenvalue weighted by atomic mass is 32.1. The molecule has 0 radical (unpaired) electrons. The van der Waals surface area contributed by atoms with Gasteiger partial charge in [-0.15, -0.1) is 11.3 Å². The lowest BCUT2D eigenvalue weighted by molar-refractivity contribution is 0.0955. The van der Waals surface area contributed by atoms with E-state index in [4.69, 9.17) is 4.74 Å². The molecule has 0 spiro atoms. The predicted molar refractivity (Wildman–Crippen MR) is 135 cm³/mol. The number of benzene rings is 3. The molecule has 6 nitrogen and oxygen atoms in total. The topological polar surface area (TPSA) is 75.6 Å². The Balaban J connectivity index is 1.37. The molecule has 166 valence electrons. The summed E-state index contributed by atoms with van der Waals surface area (Å²) in [7, 11) is 0. The predicted octanol–water partition coefficient (Wildman–Crippen LogP) is 6.02. The van der Waals surface area contributed by atoms with Crippen LogP contribution in [0.1, 0.15) is 28.4 Å². The fraction of sp³-hybridized carbons (Fsp3) is 0.115. The van der Waals surface area contributed by atoms with Gasteiger partial charge in [-0.3, -0.25) is 4.79 Å². The number of hydrogen-bond donors (Lipinski definition) is 2. The molecule has 3 aromatic carbocycles. The molecule has 4 rings (SSSR count). The van der Waals surface area contributed by atoms with Gasteiger partial charge >= 0.3 is 0 Å². The molecule has 0 saturated carbocycles. The van der Waals surface area contributed by atoms with Gasteiger partial charge in [0.15, 0.2) is 5.13 Å². The van der Waals surface area contributed by atoms with Gasteiger partial charge in [0.05, 0.1) is 18.5 Å². The monoisotopic (exact) mass is 456 g/mol. The first-order chi connectivity index (χ1) is 16.1. The van der Waals surface area contributed by atoms with Gasteiger partial charge in [0.1, 0.15) is 5.75 Å². The number of aryl methyl sites for hydroxylation is 1. The second-order valence-corrected chi connectivity index (χ2v) is 8.13. The largest absolute Gasteiger partial charge is 0.493 e. The van der Waals surface area contributed by atoms with Crippen molar-refractivity contribution >= 4 is 34.3 Å². The third-order valence-electron chi connectivity index (χ3n) is 4.84. The average Bonchev–Trinajstić information content (AvgIpc) is 3.30. The maximum absolute atomic E-state index is 12.4. The molecule has 0 fully saturated rings. The molecule has 0 unspecified atom stereocenters. The fourth-order valence-corrected chi connectivity index (χ4v) is 3.86. The van der Waals surface area contributed by atoms with Gasteiger partial charge < -0.3 is 10.1 Å². The van der Waals surface area contributed by atoms with Gasteiger partial charge in [0.25, 0.3) is 5.91 Å². The molecule has 1 aromatic heterocycles. The van der Waals surface area contributed by atoms with Crippen LogP contribution in [-0.4, -0.2) is 23.7 Å². The van der Waals surface area contributed by atoms with Crippen molar-refractivity contribution in [2.75, 3.05) is 11.9 Å². The molecule has 0 saturated heterocycles. The number of anilines is 2. The third kappa shape index (κ3) is 5.84. The number of carbonyl (C=O) groups is 1. The number of hydrogen-bond acceptors (Lipinski definition) is 6. The smallest absolute Gasteiger partial charge is 0.271 e. The summed E-state index contributed by atoms with van der Waals surface area (Å²) in [6, 6.07) is 23.0. The quantitative estimate of drug-likeness (QED) is 0.251. The van der Waals surface area contributed by atoms with E-state index in [9.17, 15) is 4.79 Å². The number of para-hydroxylation sites is 1. The minimum Gasteiger partial charge on any atom is -0.493 e. The first kappa shape index (κ1) is 22.2. The number of aromatic nitrogens is 1. The summed E-state index contributed by atoms with van der Waals surface area (Å²) in [6.07, 6.45) is 1.58. The van der Waals surface area contributed by atoms with Crippen LogP contribution in [0.15, 0.2) is 83.3 Å². The van der Waals surface area contributed by atoms with Crippen LogP contribution in [0, 0.1) is 6.92 Å². The Morgan fingerprint density at radius 2 is 1.82 bits per heavy atom. The summed E-state index contributed by atoms with van der Waals surface area (Å²) in [6.45, 7) is 4.54. The summed E-state index contributed by atoms with van der Waals surface area (Å²) in [5.41, 5.74) is 7.88. The normalized spacial score (nSPS) is 10.8. The van der Waals surface area contributed by atoms with E-state index in [1.165, 1.54) is 16.9 Å². The molecule has 0 bridgehead atoms. The van der Waals surface area contributed by atoms with Crippen molar-refractivity contribution in [1.29, 1.82) is 0 Å². The molecular formula is C26H24N4O2S. The second kappa shape index (κ2) is 10.6. The van der Waals surface area contributed by atoms with E-state index < -0.39 is 0 Å². The third-order valence-corrected chi connectivity index (χ3v) is 5.60. The van der Waals surface area contributed by atoms with E-state index in [-0.39, 0.29) is 5.91 Å². The van der Waals surface area contributed by atoms with Crippen LogP contribution in [0.2, 0.25) is 0 Å². The Bertz CT molecular complexity index is 1250. The highest BCUT2D eigenvalue weighted by Gasteiger charge is 2.08. The Kier molecular flexibility index (Phi) is 7.12. The van der Waals surface area contributed by atoms with Crippen LogP contribution in [0.4, 0.5) is 10.8 Å². The molecule has 1 heterocycles. The van der Waals surface area contributed by atoms with Crippen LogP contribution >= 0.6 is 11.3 Å². The molecule has 33 heavy (non-hydrogen) atoms. The molecule has 1 amide bonds. The van der Waals surface area contributed by atoms with Crippen LogP contribution in [-0.2, 0) is 0 Å². The van der Waals surface area contributed by atoms with Crippen molar-refractivity contribution in [3.8, 4) is 17.0 Å². The maximum atomic E-state index is 12.4. The van der Waals surface area contributed by atoms with Crippen molar-refractivity contribution in [3.05, 3.63) is 94.9 Å². The summed E-state index contributed by atoms with van der Waals surface area (Å²) in [5, 5.41) is 10.2. The highest BCUT2D eigenvalue weighted by Crippen LogP contribution is 2.27. The van der Waals surface area contributed by atoms with Gasteiger partial charge in [-0.1, -0.05) is 42.0 Å². The van der Waals surface area contributed by atoms with Crippen LogP contribution in [0.25, 0.3) is 11.3 Å². The summed E-state index contributed by atoms with van der Waals surface area (Å²) < 4.78 is 5.56. The van der Waals surface area contributed by atoms with Crippen molar-refractivity contribution < 1.29 is 9.53 Å². The number of carbonyl (C=O) groups excluding carboxylic acids is 1.